The van der Waals surface area contributed by atoms with Gasteiger partial charge in [0.15, 0.2) is 6.61 Å². The number of aliphatic hydroxyl groups excluding tert-OH is 1. The first-order valence-corrected chi connectivity index (χ1v) is 19.6. The number of aromatic hydroxyl groups is 1. The molecule has 2 bridgehead atoms. The average molecular weight is 731 g/mol. The van der Waals surface area contributed by atoms with Crippen LogP contribution in [-0.4, -0.2) is 97.5 Å². The van der Waals surface area contributed by atoms with Gasteiger partial charge in [-0.2, -0.15) is 0 Å². The van der Waals surface area contributed by atoms with Crippen molar-refractivity contribution in [3.05, 3.63) is 77.9 Å². The number of rotatable bonds is 18. The molecule has 1 amide bonds. The second-order valence-corrected chi connectivity index (χ2v) is 15.5. The molecule has 0 spiro atoms. The van der Waals surface area contributed by atoms with E-state index >= 15 is 0 Å². The van der Waals surface area contributed by atoms with Gasteiger partial charge in [-0.15, -0.1) is 0 Å². The van der Waals surface area contributed by atoms with Crippen LogP contribution in [0.3, 0.4) is 0 Å². The number of hydrogen-bond donors (Lipinski definition) is 5. The van der Waals surface area contributed by atoms with Crippen molar-refractivity contribution < 1.29 is 43.5 Å². The molecule has 4 fully saturated rings. The van der Waals surface area contributed by atoms with Crippen molar-refractivity contribution in [1.29, 1.82) is 0 Å². The number of anilines is 1. The minimum Gasteiger partial charge on any atom is -0.508 e. The summed E-state index contributed by atoms with van der Waals surface area (Å²) in [5, 5.41) is 38.6. The zero-order chi connectivity index (χ0) is 36.7. The summed E-state index contributed by atoms with van der Waals surface area (Å²) >= 11 is 0. The zero-order valence-electron chi connectivity index (χ0n) is 30.7. The monoisotopic (exact) mass is 730 g/mol. The number of piperidine rings is 3. The van der Waals surface area contributed by atoms with Crippen LogP contribution in [0.5, 0.6) is 23.0 Å². The summed E-state index contributed by atoms with van der Waals surface area (Å²) in [6.45, 7) is 6.82. The van der Waals surface area contributed by atoms with Crippen molar-refractivity contribution in [2.45, 2.75) is 69.2 Å². The molecule has 1 saturated carbocycles. The SMILES string of the molecule is O=C1COc2c(cc(O)cc2[C@@H](O)CNCCCOc2ccc(OCCC[N+]34CCC(CC3)[C@@H](OC[C@@](O)(c3ccccc3)C3CCCC3)C4)cc2)N1. The third-order valence-electron chi connectivity index (χ3n) is 11.9. The van der Waals surface area contributed by atoms with E-state index in [9.17, 15) is 20.1 Å². The quantitative estimate of drug-likeness (QED) is 0.0874. The Morgan fingerprint density at radius 1 is 0.943 bits per heavy atom. The molecule has 0 aromatic heterocycles. The third-order valence-corrected chi connectivity index (χ3v) is 11.9. The highest BCUT2D eigenvalue weighted by Crippen LogP contribution is 2.43. The van der Waals surface area contributed by atoms with Crippen molar-refractivity contribution >= 4 is 11.6 Å². The number of carbonyl (C=O) groups excluding carboxylic acids is 1. The van der Waals surface area contributed by atoms with Gasteiger partial charge < -0.3 is 49.4 Å². The van der Waals surface area contributed by atoms with Gasteiger partial charge >= 0.3 is 0 Å². The Morgan fingerprint density at radius 3 is 2.36 bits per heavy atom. The number of benzene rings is 3. The lowest BCUT2D eigenvalue weighted by atomic mass is 9.80. The third kappa shape index (κ3) is 9.09. The first-order chi connectivity index (χ1) is 25.8. The number of hydrogen-bond acceptors (Lipinski definition) is 9. The van der Waals surface area contributed by atoms with Crippen LogP contribution in [-0.2, 0) is 15.1 Å². The van der Waals surface area contributed by atoms with E-state index in [-0.39, 0.29) is 36.8 Å². The van der Waals surface area contributed by atoms with E-state index in [4.69, 9.17) is 18.9 Å². The molecular formula is C42H56N3O8+. The Balaban J connectivity index is 0.796. The van der Waals surface area contributed by atoms with Crippen molar-refractivity contribution in [1.82, 2.24) is 5.32 Å². The summed E-state index contributed by atoms with van der Waals surface area (Å²) in [5.41, 5.74) is 0.860. The Hall–Kier alpha value is -3.87. The largest absolute Gasteiger partial charge is 0.508 e. The Labute approximate surface area is 312 Å². The number of nitrogens with zero attached hydrogens (tertiary/aromatic N) is 1. The molecule has 4 heterocycles. The van der Waals surface area contributed by atoms with Crippen LogP contribution in [0.4, 0.5) is 5.69 Å². The van der Waals surface area contributed by atoms with Gasteiger partial charge in [-0.1, -0.05) is 43.2 Å². The van der Waals surface area contributed by atoms with E-state index in [0.29, 0.717) is 49.3 Å². The van der Waals surface area contributed by atoms with E-state index in [1.165, 1.54) is 50.9 Å². The Morgan fingerprint density at radius 2 is 1.64 bits per heavy atom. The number of carbonyl (C=O) groups is 1. The zero-order valence-corrected chi connectivity index (χ0v) is 30.7. The Bertz CT molecular complexity index is 1640. The molecule has 0 unspecified atom stereocenters. The van der Waals surface area contributed by atoms with Crippen molar-refractivity contribution in [2.24, 2.45) is 11.8 Å². The smallest absolute Gasteiger partial charge is 0.262 e. The Kier molecular flexibility index (Phi) is 12.1. The summed E-state index contributed by atoms with van der Waals surface area (Å²) in [4.78, 5) is 11.6. The number of fused-ring (bicyclic) bond motifs is 4. The summed E-state index contributed by atoms with van der Waals surface area (Å²) in [6, 6.07) is 20.8. The first-order valence-electron chi connectivity index (χ1n) is 19.6. The predicted molar refractivity (Wildman–Crippen MR) is 201 cm³/mol. The van der Waals surface area contributed by atoms with Gasteiger partial charge in [-0.25, -0.2) is 0 Å². The van der Waals surface area contributed by atoms with Gasteiger partial charge in [0.2, 0.25) is 0 Å². The van der Waals surface area contributed by atoms with E-state index < -0.39 is 11.7 Å². The van der Waals surface area contributed by atoms with Crippen molar-refractivity contribution in [3.8, 4) is 23.0 Å². The molecule has 3 aromatic carbocycles. The van der Waals surface area contributed by atoms with E-state index in [1.54, 1.807) is 0 Å². The van der Waals surface area contributed by atoms with E-state index in [0.717, 1.165) is 60.3 Å². The van der Waals surface area contributed by atoms with Crippen LogP contribution in [0.2, 0.25) is 0 Å². The molecule has 286 valence electrons. The second kappa shape index (κ2) is 17.1. The van der Waals surface area contributed by atoms with Gasteiger partial charge in [-0.3, -0.25) is 4.79 Å². The van der Waals surface area contributed by atoms with E-state index in [2.05, 4.69) is 22.8 Å². The normalized spacial score (nSPS) is 24.2. The van der Waals surface area contributed by atoms with E-state index in [1.807, 2.05) is 42.5 Å². The van der Waals surface area contributed by atoms with Gasteiger partial charge in [0, 0.05) is 43.4 Å². The number of phenolic OH excluding ortho intramolecular Hbond substituents is 1. The molecule has 3 aromatic rings. The molecule has 4 aliphatic heterocycles. The fourth-order valence-electron chi connectivity index (χ4n) is 8.94. The topological polar surface area (TPSA) is 139 Å². The van der Waals surface area contributed by atoms with Crippen LogP contribution in [0.25, 0.3) is 0 Å². The summed E-state index contributed by atoms with van der Waals surface area (Å²) in [7, 11) is 0. The molecule has 5 N–H and O–H groups in total. The van der Waals surface area contributed by atoms with Crippen molar-refractivity contribution in [3.63, 3.8) is 0 Å². The standard InChI is InChI=1S/C42H55N3O8/c46-33-24-36(41-37(25-33)44-40(48)28-52-41)38(47)26-43-18-6-22-50-34-12-14-35(15-13-34)51-23-7-19-45-20-16-30(17-21-45)39(27-45)53-29-42(49,32-10-4-5-11-32)31-8-2-1-3-9-31/h1-3,8-9,12-15,24-25,30,32,38-39,43,47,49H,4-7,10-11,16-23,26-29H2,(H-,44,46,48)/p+1/t30?,38-,39-,42+,45?/m0/s1. The molecule has 3 atom stereocenters. The van der Waals surface area contributed by atoms with Crippen LogP contribution in [0.1, 0.15) is 68.6 Å². The molecule has 11 nitrogen and oxygen atoms in total. The lowest BCUT2D eigenvalue weighted by Gasteiger charge is -2.53. The fourth-order valence-corrected chi connectivity index (χ4v) is 8.94. The first kappa shape index (κ1) is 37.4. The maximum Gasteiger partial charge on any atom is 0.262 e. The average Bonchev–Trinajstić information content (AvgIpc) is 3.74. The highest BCUT2D eigenvalue weighted by molar-refractivity contribution is 5.96. The molecule has 8 rings (SSSR count). The maximum atomic E-state index is 12.0. The maximum absolute atomic E-state index is 12.0. The highest BCUT2D eigenvalue weighted by atomic mass is 16.5. The fraction of sp³-hybridized carbons (Fsp3) is 0.548. The number of amides is 1. The molecule has 11 heteroatoms. The summed E-state index contributed by atoms with van der Waals surface area (Å²) < 4.78 is 25.3. The van der Waals surface area contributed by atoms with Crippen molar-refractivity contribution in [2.75, 3.05) is 71.0 Å². The summed E-state index contributed by atoms with van der Waals surface area (Å²) in [5.74, 6) is 2.48. The summed E-state index contributed by atoms with van der Waals surface area (Å²) in [6.07, 6.45) is 7.88. The lowest BCUT2D eigenvalue weighted by molar-refractivity contribution is -0.946. The molecule has 0 radical (unpaired) electrons. The van der Waals surface area contributed by atoms with Crippen LogP contribution < -0.4 is 24.8 Å². The number of nitrogens with one attached hydrogen (secondary N) is 2. The lowest BCUT2D eigenvalue weighted by Crippen LogP contribution is -2.65. The minimum atomic E-state index is -0.916. The number of ether oxygens (including phenoxy) is 4. The van der Waals surface area contributed by atoms with Gasteiger partial charge in [0.05, 0.1) is 51.2 Å². The number of aliphatic hydroxyl groups is 2. The molecule has 53 heavy (non-hydrogen) atoms. The highest BCUT2D eigenvalue weighted by Gasteiger charge is 2.48. The van der Waals surface area contributed by atoms with Crippen LogP contribution in [0, 0.1) is 11.8 Å². The van der Waals surface area contributed by atoms with Gasteiger partial charge in [0.25, 0.3) is 5.91 Å². The molecule has 3 saturated heterocycles. The van der Waals surface area contributed by atoms with Crippen LogP contribution >= 0.6 is 0 Å². The minimum absolute atomic E-state index is 0.0531. The number of quaternary nitrogens is 1. The predicted octanol–water partition coefficient (Wildman–Crippen LogP) is 5.29. The van der Waals surface area contributed by atoms with Crippen LogP contribution in [0.15, 0.2) is 66.7 Å². The van der Waals surface area contributed by atoms with Gasteiger partial charge in [0.1, 0.15) is 41.2 Å². The molecule has 5 aliphatic rings. The molecular weight excluding hydrogens is 674 g/mol. The van der Waals surface area contributed by atoms with Gasteiger partial charge in [-0.05, 0) is 67.6 Å². The number of phenols is 1. The second-order valence-electron chi connectivity index (χ2n) is 15.5. The molecule has 1 aliphatic carbocycles.